The van der Waals surface area contributed by atoms with Crippen LogP contribution in [0.25, 0.3) is 16.6 Å². The number of fused-ring (bicyclic) bond motifs is 1. The van der Waals surface area contributed by atoms with Gasteiger partial charge in [-0.1, -0.05) is 26.0 Å². The highest BCUT2D eigenvalue weighted by molar-refractivity contribution is 5.79. The Hall–Kier alpha value is -3.19. The van der Waals surface area contributed by atoms with Crippen molar-refractivity contribution in [1.82, 2.24) is 14.5 Å². The Morgan fingerprint density at radius 1 is 1.06 bits per heavy atom. The van der Waals surface area contributed by atoms with Gasteiger partial charge in [0.15, 0.2) is 0 Å². The molecule has 3 rings (SSSR count). The number of nitrogens with zero attached hydrogens (tertiary/aromatic N) is 3. The van der Waals surface area contributed by atoms with E-state index < -0.39 is 6.04 Å². The van der Waals surface area contributed by atoms with Crippen molar-refractivity contribution in [3.8, 4) is 11.4 Å². The first-order valence-electron chi connectivity index (χ1n) is 10.8. The predicted octanol–water partition coefficient (Wildman–Crippen LogP) is 3.98. The van der Waals surface area contributed by atoms with Crippen LogP contribution in [0.3, 0.4) is 0 Å². The van der Waals surface area contributed by atoms with Crippen LogP contribution in [0.2, 0.25) is 0 Å². The maximum absolute atomic E-state index is 13.6. The minimum absolute atomic E-state index is 0.0114. The van der Waals surface area contributed by atoms with Gasteiger partial charge in [-0.25, -0.2) is 4.98 Å². The molecule has 0 radical (unpaired) electrons. The number of methoxy groups -OCH3 is 2. The van der Waals surface area contributed by atoms with E-state index >= 15 is 0 Å². The van der Waals surface area contributed by atoms with E-state index in [-0.39, 0.29) is 17.4 Å². The summed E-state index contributed by atoms with van der Waals surface area (Å²) >= 11 is 0. The van der Waals surface area contributed by atoms with Crippen LogP contribution < -0.4 is 10.3 Å². The van der Waals surface area contributed by atoms with Crippen molar-refractivity contribution in [3.05, 3.63) is 64.7 Å². The number of para-hydroxylation sites is 1. The van der Waals surface area contributed by atoms with Crippen LogP contribution in [-0.2, 0) is 9.53 Å². The highest BCUT2D eigenvalue weighted by Gasteiger charge is 2.28. The van der Waals surface area contributed by atoms with Gasteiger partial charge in [0.1, 0.15) is 11.6 Å². The van der Waals surface area contributed by atoms with Gasteiger partial charge < -0.3 is 14.4 Å². The molecule has 170 valence electrons. The number of hydrogen-bond donors (Lipinski definition) is 0. The summed E-state index contributed by atoms with van der Waals surface area (Å²) in [5.74, 6) is 1.05. The fourth-order valence-electron chi connectivity index (χ4n) is 3.76. The van der Waals surface area contributed by atoms with E-state index in [4.69, 9.17) is 14.5 Å². The van der Waals surface area contributed by atoms with E-state index in [1.54, 1.807) is 41.9 Å². The fourth-order valence-corrected chi connectivity index (χ4v) is 3.76. The molecule has 1 amide bonds. The molecule has 0 saturated carbocycles. The van der Waals surface area contributed by atoms with E-state index in [0.717, 1.165) is 0 Å². The Balaban J connectivity index is 2.19. The molecule has 2 aromatic carbocycles. The summed E-state index contributed by atoms with van der Waals surface area (Å²) < 4.78 is 12.1. The van der Waals surface area contributed by atoms with E-state index in [9.17, 15) is 9.59 Å². The number of carbonyl (C=O) groups is 1. The predicted molar refractivity (Wildman–Crippen MR) is 125 cm³/mol. The first kappa shape index (κ1) is 23.5. The molecule has 32 heavy (non-hydrogen) atoms. The van der Waals surface area contributed by atoms with E-state index in [0.29, 0.717) is 47.7 Å². The first-order valence-corrected chi connectivity index (χ1v) is 10.8. The molecule has 7 nitrogen and oxygen atoms in total. The molecule has 0 bridgehead atoms. The lowest BCUT2D eigenvalue weighted by Gasteiger charge is -2.32. The molecular weight excluding hydrogens is 406 g/mol. The smallest absolute Gasteiger partial charge is 0.266 e. The summed E-state index contributed by atoms with van der Waals surface area (Å²) in [6.45, 7) is 6.73. The Morgan fingerprint density at radius 2 is 1.75 bits per heavy atom. The number of aromatic nitrogens is 2. The lowest BCUT2D eigenvalue weighted by Crippen LogP contribution is -2.40. The second-order valence-electron chi connectivity index (χ2n) is 8.03. The van der Waals surface area contributed by atoms with Gasteiger partial charge in [0.2, 0.25) is 5.91 Å². The van der Waals surface area contributed by atoms with Gasteiger partial charge in [-0.2, -0.15) is 0 Å². The molecule has 7 heteroatoms. The summed E-state index contributed by atoms with van der Waals surface area (Å²) in [5, 5.41) is 0.528. The molecule has 1 atom stereocenters. The van der Waals surface area contributed by atoms with Crippen molar-refractivity contribution < 1.29 is 14.3 Å². The first-order chi connectivity index (χ1) is 15.4. The summed E-state index contributed by atoms with van der Waals surface area (Å²) in [7, 11) is 3.24. The topological polar surface area (TPSA) is 73.7 Å². The largest absolute Gasteiger partial charge is 0.497 e. The van der Waals surface area contributed by atoms with Crippen LogP contribution in [0.4, 0.5) is 0 Å². The summed E-state index contributed by atoms with van der Waals surface area (Å²) in [6.07, 6.45) is 0.694. The van der Waals surface area contributed by atoms with Gasteiger partial charge in [0, 0.05) is 26.2 Å². The van der Waals surface area contributed by atoms with E-state index in [1.807, 2.05) is 51.1 Å². The number of amides is 1. The second kappa shape index (κ2) is 10.4. The molecule has 1 heterocycles. The average Bonchev–Trinajstić information content (AvgIpc) is 2.81. The van der Waals surface area contributed by atoms with Gasteiger partial charge in [-0.05, 0) is 49.7 Å². The lowest BCUT2D eigenvalue weighted by atomic mass is 10.1. The third-order valence-corrected chi connectivity index (χ3v) is 5.50. The number of ether oxygens (including phenoxy) is 2. The highest BCUT2D eigenvalue weighted by Crippen LogP contribution is 2.25. The molecule has 0 N–H and O–H groups in total. The molecular formula is C25H31N3O4. The van der Waals surface area contributed by atoms with Crippen LogP contribution in [0.1, 0.15) is 39.1 Å². The molecule has 1 unspecified atom stereocenters. The standard InChI is InChI=1S/C25H31N3O4/c1-17(2)24(29)27(15-8-16-31-4)18(3)23-26-22-10-7-6-9-21(22)25(30)28(23)19-11-13-20(32-5)14-12-19/h6-7,9-14,17-18H,8,15-16H2,1-5H3. The maximum atomic E-state index is 13.6. The van der Waals surface area contributed by atoms with E-state index in [2.05, 4.69) is 0 Å². The molecule has 1 aromatic heterocycles. The SMILES string of the molecule is COCCCN(C(=O)C(C)C)C(C)c1nc2ccccc2c(=O)n1-c1ccc(OC)cc1. The zero-order chi connectivity index (χ0) is 23.3. The third kappa shape index (κ3) is 4.83. The number of benzene rings is 2. The van der Waals surface area contributed by atoms with Crippen molar-refractivity contribution in [1.29, 1.82) is 0 Å². The number of rotatable bonds is 9. The van der Waals surface area contributed by atoms with Crippen molar-refractivity contribution in [3.63, 3.8) is 0 Å². The summed E-state index contributed by atoms with van der Waals surface area (Å²) in [4.78, 5) is 33.3. The quantitative estimate of drug-likeness (QED) is 0.474. The minimum atomic E-state index is -0.416. The van der Waals surface area contributed by atoms with Gasteiger partial charge in [0.25, 0.3) is 5.56 Å². The van der Waals surface area contributed by atoms with Crippen molar-refractivity contribution in [2.24, 2.45) is 5.92 Å². The monoisotopic (exact) mass is 437 g/mol. The van der Waals surface area contributed by atoms with Gasteiger partial charge in [-0.3, -0.25) is 14.2 Å². The summed E-state index contributed by atoms with van der Waals surface area (Å²) in [5.41, 5.74) is 1.11. The zero-order valence-electron chi connectivity index (χ0n) is 19.4. The Labute approximate surface area is 188 Å². The highest BCUT2D eigenvalue weighted by atomic mass is 16.5. The molecule has 3 aromatic rings. The van der Waals surface area contributed by atoms with Crippen LogP contribution >= 0.6 is 0 Å². The zero-order valence-corrected chi connectivity index (χ0v) is 19.4. The number of hydrogen-bond acceptors (Lipinski definition) is 5. The second-order valence-corrected chi connectivity index (χ2v) is 8.03. The molecule has 0 aliphatic rings. The Kier molecular flexibility index (Phi) is 7.64. The molecule has 0 aliphatic heterocycles. The van der Waals surface area contributed by atoms with Gasteiger partial charge in [-0.15, -0.1) is 0 Å². The molecule has 0 spiro atoms. The minimum Gasteiger partial charge on any atom is -0.497 e. The average molecular weight is 438 g/mol. The van der Waals surface area contributed by atoms with Crippen molar-refractivity contribution >= 4 is 16.8 Å². The Bertz CT molecular complexity index is 1120. The van der Waals surface area contributed by atoms with Gasteiger partial charge >= 0.3 is 0 Å². The number of carbonyl (C=O) groups excluding carboxylic acids is 1. The van der Waals surface area contributed by atoms with Crippen LogP contribution in [-0.4, -0.2) is 47.7 Å². The maximum Gasteiger partial charge on any atom is 0.266 e. The molecule has 0 aliphatic carbocycles. The summed E-state index contributed by atoms with van der Waals surface area (Å²) in [6, 6.07) is 14.1. The fraction of sp³-hybridized carbons (Fsp3) is 0.400. The third-order valence-electron chi connectivity index (χ3n) is 5.50. The van der Waals surface area contributed by atoms with E-state index in [1.165, 1.54) is 0 Å². The lowest BCUT2D eigenvalue weighted by molar-refractivity contribution is -0.137. The molecule has 0 fully saturated rings. The van der Waals surface area contributed by atoms with Crippen molar-refractivity contribution in [2.45, 2.75) is 33.2 Å². The normalized spacial score (nSPS) is 12.2. The van der Waals surface area contributed by atoms with Gasteiger partial charge in [0.05, 0.1) is 29.7 Å². The Morgan fingerprint density at radius 3 is 2.38 bits per heavy atom. The molecule has 0 saturated heterocycles. The van der Waals surface area contributed by atoms with Crippen LogP contribution in [0.15, 0.2) is 53.3 Å². The van der Waals surface area contributed by atoms with Crippen LogP contribution in [0.5, 0.6) is 5.75 Å². The van der Waals surface area contributed by atoms with Crippen molar-refractivity contribution in [2.75, 3.05) is 27.4 Å². The van der Waals surface area contributed by atoms with Crippen LogP contribution in [0, 0.1) is 5.92 Å².